The minimum atomic E-state index is -0.236. The lowest BCUT2D eigenvalue weighted by Gasteiger charge is -2.11. The van der Waals surface area contributed by atoms with E-state index in [9.17, 15) is 9.59 Å². The minimum Gasteiger partial charge on any atom is -0.484 e. The van der Waals surface area contributed by atoms with E-state index in [0.29, 0.717) is 11.3 Å². The van der Waals surface area contributed by atoms with Crippen LogP contribution in [0.15, 0.2) is 66.7 Å². The van der Waals surface area contributed by atoms with Crippen LogP contribution in [0.1, 0.15) is 27.0 Å². The lowest BCUT2D eigenvalue weighted by Crippen LogP contribution is -2.20. The molecule has 0 aliphatic rings. The highest BCUT2D eigenvalue weighted by atomic mass is 16.5. The molecule has 148 valence electrons. The summed E-state index contributed by atoms with van der Waals surface area (Å²) < 4.78 is 5.53. The number of nitrogens with one attached hydrogen (secondary N) is 2. The fourth-order valence-corrected chi connectivity index (χ4v) is 2.75. The van der Waals surface area contributed by atoms with Crippen molar-refractivity contribution in [3.8, 4) is 5.75 Å². The predicted molar refractivity (Wildman–Crippen MR) is 116 cm³/mol. The first-order valence-corrected chi connectivity index (χ1v) is 9.39. The van der Waals surface area contributed by atoms with Crippen molar-refractivity contribution in [3.05, 3.63) is 89.0 Å². The summed E-state index contributed by atoms with van der Waals surface area (Å²) in [6, 6.07) is 20.2. The SMILES string of the molecule is Cc1ccc(NC(=O)c2ccc(OCC(=O)Nc3cc(C)ccc3C)cc2)cc1. The fraction of sp³-hybridized carbons (Fsp3) is 0.167. The number of carbonyl (C=O) groups excluding carboxylic acids is 2. The third-order valence-electron chi connectivity index (χ3n) is 4.46. The molecule has 0 saturated heterocycles. The Bertz CT molecular complexity index is 1010. The quantitative estimate of drug-likeness (QED) is 0.632. The van der Waals surface area contributed by atoms with Gasteiger partial charge < -0.3 is 15.4 Å². The minimum absolute atomic E-state index is 0.109. The van der Waals surface area contributed by atoms with Gasteiger partial charge >= 0.3 is 0 Å². The zero-order valence-electron chi connectivity index (χ0n) is 16.8. The van der Waals surface area contributed by atoms with E-state index in [1.165, 1.54) is 0 Å². The summed E-state index contributed by atoms with van der Waals surface area (Å²) in [6.45, 7) is 5.80. The maximum atomic E-state index is 12.3. The van der Waals surface area contributed by atoms with Gasteiger partial charge in [-0.25, -0.2) is 0 Å². The Morgan fingerprint density at radius 3 is 2.14 bits per heavy atom. The van der Waals surface area contributed by atoms with E-state index in [1.807, 2.05) is 63.2 Å². The van der Waals surface area contributed by atoms with Crippen LogP contribution in [-0.2, 0) is 4.79 Å². The Morgan fingerprint density at radius 1 is 0.793 bits per heavy atom. The molecule has 2 N–H and O–H groups in total. The molecule has 0 saturated carbocycles. The number of ether oxygens (including phenoxy) is 1. The van der Waals surface area contributed by atoms with Crippen LogP contribution < -0.4 is 15.4 Å². The molecule has 3 aromatic carbocycles. The molecule has 0 heterocycles. The summed E-state index contributed by atoms with van der Waals surface area (Å²) in [7, 11) is 0. The van der Waals surface area contributed by atoms with Gasteiger partial charge in [-0.3, -0.25) is 9.59 Å². The standard InChI is InChI=1S/C24H24N2O3/c1-16-5-10-20(11-6-16)25-24(28)19-8-12-21(13-9-19)29-15-23(27)26-22-14-17(2)4-7-18(22)3/h4-14H,15H2,1-3H3,(H,25,28)(H,26,27). The van der Waals surface area contributed by atoms with Crippen LogP contribution in [0.5, 0.6) is 5.75 Å². The molecule has 2 amide bonds. The Hall–Kier alpha value is -3.60. The largest absolute Gasteiger partial charge is 0.484 e. The van der Waals surface area contributed by atoms with Gasteiger partial charge in [0.1, 0.15) is 5.75 Å². The lowest BCUT2D eigenvalue weighted by atomic mass is 10.1. The highest BCUT2D eigenvalue weighted by Crippen LogP contribution is 2.17. The Balaban J connectivity index is 1.53. The molecule has 0 aliphatic heterocycles. The summed E-state index contributed by atoms with van der Waals surface area (Å²) in [5.41, 5.74) is 5.23. The number of aryl methyl sites for hydroxylation is 3. The molecule has 5 nitrogen and oxygen atoms in total. The van der Waals surface area contributed by atoms with Gasteiger partial charge in [-0.05, 0) is 74.4 Å². The second-order valence-corrected chi connectivity index (χ2v) is 7.00. The molecule has 0 aliphatic carbocycles. The molecular formula is C24H24N2O3. The topological polar surface area (TPSA) is 67.4 Å². The van der Waals surface area contributed by atoms with Crippen molar-refractivity contribution in [1.29, 1.82) is 0 Å². The third-order valence-corrected chi connectivity index (χ3v) is 4.46. The van der Waals surface area contributed by atoms with Crippen molar-refractivity contribution >= 4 is 23.2 Å². The predicted octanol–water partition coefficient (Wildman–Crippen LogP) is 4.88. The average molecular weight is 388 g/mol. The van der Waals surface area contributed by atoms with Gasteiger partial charge in [0.25, 0.3) is 11.8 Å². The number of carbonyl (C=O) groups is 2. The normalized spacial score (nSPS) is 10.3. The van der Waals surface area contributed by atoms with E-state index in [1.54, 1.807) is 24.3 Å². The number of hydrogen-bond donors (Lipinski definition) is 2. The summed E-state index contributed by atoms with van der Waals surface area (Å²) in [5.74, 6) is 0.0842. The van der Waals surface area contributed by atoms with Gasteiger partial charge in [0, 0.05) is 16.9 Å². The van der Waals surface area contributed by atoms with E-state index in [0.717, 1.165) is 28.1 Å². The van der Waals surface area contributed by atoms with Crippen molar-refractivity contribution in [2.24, 2.45) is 0 Å². The van der Waals surface area contributed by atoms with Crippen molar-refractivity contribution in [2.45, 2.75) is 20.8 Å². The average Bonchev–Trinajstić information content (AvgIpc) is 2.71. The number of amides is 2. The Kier molecular flexibility index (Phi) is 6.29. The van der Waals surface area contributed by atoms with Crippen LogP contribution in [0.2, 0.25) is 0 Å². The Morgan fingerprint density at radius 2 is 1.45 bits per heavy atom. The first-order valence-electron chi connectivity index (χ1n) is 9.39. The molecule has 0 atom stereocenters. The van der Waals surface area contributed by atoms with Gasteiger partial charge in [0.2, 0.25) is 0 Å². The molecule has 0 radical (unpaired) electrons. The van der Waals surface area contributed by atoms with Gasteiger partial charge in [-0.15, -0.1) is 0 Å². The first-order chi connectivity index (χ1) is 13.9. The summed E-state index contributed by atoms with van der Waals surface area (Å²) in [5, 5.41) is 5.70. The molecule has 3 rings (SSSR count). The molecule has 0 spiro atoms. The summed E-state index contributed by atoms with van der Waals surface area (Å²) in [6.07, 6.45) is 0. The van der Waals surface area contributed by atoms with Crippen LogP contribution in [0.4, 0.5) is 11.4 Å². The Labute approximate surface area is 170 Å². The van der Waals surface area contributed by atoms with Gasteiger partial charge in [0.15, 0.2) is 6.61 Å². The fourth-order valence-electron chi connectivity index (χ4n) is 2.75. The van der Waals surface area contributed by atoms with Crippen LogP contribution >= 0.6 is 0 Å². The van der Waals surface area contributed by atoms with E-state index < -0.39 is 0 Å². The van der Waals surface area contributed by atoms with Crippen LogP contribution in [0.3, 0.4) is 0 Å². The van der Waals surface area contributed by atoms with Gasteiger partial charge in [-0.2, -0.15) is 0 Å². The highest BCUT2D eigenvalue weighted by molar-refractivity contribution is 6.04. The molecule has 0 fully saturated rings. The van der Waals surface area contributed by atoms with Crippen LogP contribution in [0, 0.1) is 20.8 Å². The molecule has 5 heteroatoms. The molecular weight excluding hydrogens is 364 g/mol. The van der Waals surface area contributed by atoms with Crippen molar-refractivity contribution < 1.29 is 14.3 Å². The molecule has 3 aromatic rings. The second-order valence-electron chi connectivity index (χ2n) is 7.00. The third kappa shape index (κ3) is 5.69. The number of benzene rings is 3. The van der Waals surface area contributed by atoms with E-state index in [-0.39, 0.29) is 18.4 Å². The summed E-state index contributed by atoms with van der Waals surface area (Å²) in [4.78, 5) is 24.5. The smallest absolute Gasteiger partial charge is 0.262 e. The van der Waals surface area contributed by atoms with Crippen molar-refractivity contribution in [1.82, 2.24) is 0 Å². The zero-order chi connectivity index (χ0) is 20.8. The molecule has 0 bridgehead atoms. The van der Waals surface area contributed by atoms with E-state index in [2.05, 4.69) is 10.6 Å². The number of hydrogen-bond acceptors (Lipinski definition) is 3. The van der Waals surface area contributed by atoms with E-state index >= 15 is 0 Å². The van der Waals surface area contributed by atoms with Gasteiger partial charge in [0.05, 0.1) is 0 Å². The lowest BCUT2D eigenvalue weighted by molar-refractivity contribution is -0.118. The highest BCUT2D eigenvalue weighted by Gasteiger charge is 2.09. The van der Waals surface area contributed by atoms with Gasteiger partial charge in [-0.1, -0.05) is 29.8 Å². The summed E-state index contributed by atoms with van der Waals surface area (Å²) >= 11 is 0. The maximum Gasteiger partial charge on any atom is 0.262 e. The molecule has 0 aromatic heterocycles. The number of rotatable bonds is 6. The second kappa shape index (κ2) is 9.06. The number of anilines is 2. The molecule has 0 unspecified atom stereocenters. The zero-order valence-corrected chi connectivity index (χ0v) is 16.8. The monoisotopic (exact) mass is 388 g/mol. The van der Waals surface area contributed by atoms with Crippen molar-refractivity contribution in [3.63, 3.8) is 0 Å². The maximum absolute atomic E-state index is 12.3. The van der Waals surface area contributed by atoms with Crippen molar-refractivity contribution in [2.75, 3.05) is 17.2 Å². The van der Waals surface area contributed by atoms with Crippen LogP contribution in [0.25, 0.3) is 0 Å². The van der Waals surface area contributed by atoms with Crippen LogP contribution in [-0.4, -0.2) is 18.4 Å². The van der Waals surface area contributed by atoms with E-state index in [4.69, 9.17) is 4.74 Å². The molecule has 29 heavy (non-hydrogen) atoms. The first kappa shape index (κ1) is 20.1.